The molecule has 0 bridgehead atoms. The normalized spacial score (nSPS) is 25.5. The molecular weight excluding hydrogens is 1360 g/mol. The van der Waals surface area contributed by atoms with E-state index in [0.29, 0.717) is 12.8 Å². The van der Waals surface area contributed by atoms with Gasteiger partial charge in [0.15, 0.2) is 18.9 Å². The summed E-state index contributed by atoms with van der Waals surface area (Å²) in [6.07, 6.45) is 57.5. The molecule has 3 rings (SSSR count). The number of amides is 1. The smallest absolute Gasteiger partial charge is 0.220 e. The van der Waals surface area contributed by atoms with Crippen molar-refractivity contribution in [2.75, 3.05) is 26.4 Å². The Labute approximate surface area is 652 Å². The van der Waals surface area contributed by atoms with Crippen LogP contribution in [0.3, 0.4) is 0 Å². The van der Waals surface area contributed by atoms with Gasteiger partial charge in [-0.1, -0.05) is 379 Å². The maximum atomic E-state index is 13.5. The first-order valence-corrected chi connectivity index (χ1v) is 45.4. The van der Waals surface area contributed by atoms with Gasteiger partial charge in [0.25, 0.3) is 0 Å². The lowest BCUT2D eigenvalue weighted by molar-refractivity contribution is -0.379. The SMILES string of the molecule is CCCCCCCCCC/C=C\CCCCCCCCCCCCCCCCCCCCCC(=O)NC(COC1OC(CO)C(OC2OC(CO)C(OC3OC(CO)C(O)C(O)C3O)C(O)C2O)C(O)C1O)C(O)CCCCCCCCCCCCCCCCCCCCCCCCCCCCCCCCC. The van der Waals surface area contributed by atoms with E-state index in [1.165, 1.54) is 334 Å². The first-order valence-electron chi connectivity index (χ1n) is 45.4. The van der Waals surface area contributed by atoms with Crippen molar-refractivity contribution in [1.29, 1.82) is 0 Å². The van der Waals surface area contributed by atoms with Crippen molar-refractivity contribution in [1.82, 2.24) is 5.32 Å². The third-order valence-electron chi connectivity index (χ3n) is 23.1. The first kappa shape index (κ1) is 99.7. The summed E-state index contributed by atoms with van der Waals surface area (Å²) in [5.74, 6) is -0.232. The topological polar surface area (TPSA) is 307 Å². The molecule has 0 aromatic carbocycles. The Morgan fingerprint density at radius 3 is 0.907 bits per heavy atom. The van der Waals surface area contributed by atoms with Crippen molar-refractivity contribution < 1.29 is 89.4 Å². The lowest BCUT2D eigenvalue weighted by atomic mass is 9.96. The molecule has 1 amide bonds. The van der Waals surface area contributed by atoms with Crippen LogP contribution in [-0.4, -0.2) is 193 Å². The Balaban J connectivity index is 1.32. The molecule has 3 saturated heterocycles. The molecule has 634 valence electrons. The second-order valence-electron chi connectivity index (χ2n) is 32.8. The van der Waals surface area contributed by atoms with Crippen LogP contribution in [0.4, 0.5) is 0 Å². The van der Waals surface area contributed by atoms with E-state index >= 15 is 0 Å². The number of hydrogen-bond acceptors (Lipinski definition) is 18. The molecule has 19 nitrogen and oxygen atoms in total. The van der Waals surface area contributed by atoms with Crippen LogP contribution in [0.2, 0.25) is 0 Å². The lowest BCUT2D eigenvalue weighted by Crippen LogP contribution is -2.66. The van der Waals surface area contributed by atoms with Gasteiger partial charge >= 0.3 is 0 Å². The molecule has 17 unspecified atom stereocenters. The summed E-state index contributed by atoms with van der Waals surface area (Å²) in [5.41, 5.74) is 0. The molecular formula is C88H169NO18. The highest BCUT2D eigenvalue weighted by Crippen LogP contribution is 2.34. The maximum absolute atomic E-state index is 13.5. The van der Waals surface area contributed by atoms with Crippen LogP contribution in [0.5, 0.6) is 0 Å². The summed E-state index contributed by atoms with van der Waals surface area (Å²) in [6, 6.07) is -0.886. The number of carbonyl (C=O) groups is 1. The lowest BCUT2D eigenvalue weighted by Gasteiger charge is -2.48. The summed E-state index contributed by atoms with van der Waals surface area (Å²) < 4.78 is 34.6. The summed E-state index contributed by atoms with van der Waals surface area (Å²) in [5, 5.41) is 121. The molecule has 0 saturated carbocycles. The Bertz CT molecular complexity index is 1970. The third kappa shape index (κ3) is 47.9. The maximum Gasteiger partial charge on any atom is 0.220 e. The first-order chi connectivity index (χ1) is 52.3. The minimum Gasteiger partial charge on any atom is -0.394 e. The summed E-state index contributed by atoms with van der Waals surface area (Å²) in [6.45, 7) is 1.88. The number of unbranched alkanes of at least 4 members (excludes halogenated alkanes) is 57. The Morgan fingerprint density at radius 1 is 0.327 bits per heavy atom. The molecule has 3 heterocycles. The van der Waals surface area contributed by atoms with Gasteiger partial charge in [-0.05, 0) is 38.5 Å². The molecule has 19 heteroatoms. The van der Waals surface area contributed by atoms with E-state index in [4.69, 9.17) is 28.4 Å². The number of aliphatic hydroxyl groups is 11. The minimum atomic E-state index is -1.97. The van der Waals surface area contributed by atoms with Crippen LogP contribution < -0.4 is 5.32 Å². The number of allylic oxidation sites excluding steroid dienone is 2. The Hall–Kier alpha value is -1.47. The highest BCUT2D eigenvalue weighted by molar-refractivity contribution is 5.76. The van der Waals surface area contributed by atoms with Gasteiger partial charge in [-0.3, -0.25) is 4.79 Å². The van der Waals surface area contributed by atoms with Gasteiger partial charge in [0.05, 0.1) is 38.6 Å². The van der Waals surface area contributed by atoms with Crippen LogP contribution in [0.1, 0.15) is 412 Å². The van der Waals surface area contributed by atoms with Gasteiger partial charge in [0.1, 0.15) is 73.2 Å². The number of ether oxygens (including phenoxy) is 6. The third-order valence-corrected chi connectivity index (χ3v) is 23.1. The monoisotopic (exact) mass is 1530 g/mol. The van der Waals surface area contributed by atoms with E-state index in [9.17, 15) is 61.0 Å². The predicted molar refractivity (Wildman–Crippen MR) is 430 cm³/mol. The van der Waals surface area contributed by atoms with Crippen molar-refractivity contribution in [2.45, 2.75) is 516 Å². The number of rotatable bonds is 75. The van der Waals surface area contributed by atoms with Crippen LogP contribution in [0, 0.1) is 0 Å². The standard InChI is InChI=1S/C88H169NO18/c1-3-5-7-9-11-13-15-17-19-21-23-25-27-29-31-33-35-37-39-41-43-45-47-49-51-53-55-57-59-61-63-65-72(93)71(89-76(94)66-64-62-60-58-56-54-52-50-48-46-44-42-40-38-36-34-32-30-28-26-24-22-20-18-16-14-12-10-8-6-4-2)70-102-86-82(100)79(97)84(74(68-91)104-86)107-88-83(101)80(98)85(75(69-92)105-88)106-87-81(99)78(96)77(95)73(67-90)103-87/h22,24,71-75,77-88,90-93,95-101H,3-21,23,25-70H2,1-2H3,(H,89,94)/b24-22-. The highest BCUT2D eigenvalue weighted by Gasteiger charge is 2.54. The van der Waals surface area contributed by atoms with Crippen LogP contribution >= 0.6 is 0 Å². The van der Waals surface area contributed by atoms with Gasteiger partial charge in [-0.25, -0.2) is 0 Å². The van der Waals surface area contributed by atoms with Crippen LogP contribution in [-0.2, 0) is 33.2 Å². The van der Waals surface area contributed by atoms with Gasteiger partial charge in [0, 0.05) is 6.42 Å². The van der Waals surface area contributed by atoms with Crippen molar-refractivity contribution in [2.24, 2.45) is 0 Å². The molecule has 0 spiro atoms. The van der Waals surface area contributed by atoms with Crippen LogP contribution in [0.25, 0.3) is 0 Å². The second kappa shape index (κ2) is 68.9. The number of aliphatic hydroxyl groups excluding tert-OH is 11. The molecule has 107 heavy (non-hydrogen) atoms. The van der Waals surface area contributed by atoms with E-state index in [1.54, 1.807) is 0 Å². The second-order valence-corrected chi connectivity index (χ2v) is 32.8. The number of carbonyl (C=O) groups excluding carboxylic acids is 1. The van der Waals surface area contributed by atoms with Gasteiger partial charge in [-0.2, -0.15) is 0 Å². The fourth-order valence-corrected chi connectivity index (χ4v) is 15.8. The molecule has 0 aliphatic carbocycles. The van der Waals surface area contributed by atoms with Gasteiger partial charge in [0.2, 0.25) is 5.91 Å². The molecule has 3 fully saturated rings. The van der Waals surface area contributed by atoms with Crippen molar-refractivity contribution in [3.05, 3.63) is 12.2 Å². The summed E-state index contributed by atoms with van der Waals surface area (Å²) >= 11 is 0. The predicted octanol–water partition coefficient (Wildman–Crippen LogP) is 17.1. The molecule has 0 radical (unpaired) electrons. The van der Waals surface area contributed by atoms with Crippen molar-refractivity contribution in [3.8, 4) is 0 Å². The Kier molecular flexibility index (Phi) is 64.2. The van der Waals surface area contributed by atoms with E-state index in [-0.39, 0.29) is 18.9 Å². The number of hydrogen-bond donors (Lipinski definition) is 12. The average molecular weight is 1530 g/mol. The average Bonchev–Trinajstić information content (AvgIpc) is 0.780. The largest absolute Gasteiger partial charge is 0.394 e. The zero-order valence-electron chi connectivity index (χ0n) is 68.4. The minimum absolute atomic E-state index is 0.232. The number of nitrogens with one attached hydrogen (secondary N) is 1. The van der Waals surface area contributed by atoms with Crippen molar-refractivity contribution in [3.63, 3.8) is 0 Å². The summed E-state index contributed by atoms with van der Waals surface area (Å²) in [7, 11) is 0. The van der Waals surface area contributed by atoms with Gasteiger partial charge in [-0.15, -0.1) is 0 Å². The highest BCUT2D eigenvalue weighted by atomic mass is 16.8. The molecule has 0 aromatic heterocycles. The molecule has 0 aromatic rings. The molecule has 17 atom stereocenters. The quantitative estimate of drug-likeness (QED) is 0.0199. The molecule has 12 N–H and O–H groups in total. The Morgan fingerprint density at radius 2 is 0.589 bits per heavy atom. The van der Waals surface area contributed by atoms with Crippen LogP contribution in [0.15, 0.2) is 12.2 Å². The fraction of sp³-hybridized carbons (Fsp3) is 0.966. The van der Waals surface area contributed by atoms with E-state index in [1.807, 2.05) is 0 Å². The molecule has 3 aliphatic heterocycles. The zero-order valence-corrected chi connectivity index (χ0v) is 68.4. The fourth-order valence-electron chi connectivity index (χ4n) is 15.8. The van der Waals surface area contributed by atoms with E-state index < -0.39 is 124 Å². The summed E-state index contributed by atoms with van der Waals surface area (Å²) in [4.78, 5) is 13.5. The van der Waals surface area contributed by atoms with Crippen molar-refractivity contribution >= 4 is 5.91 Å². The molecule has 3 aliphatic rings. The zero-order chi connectivity index (χ0) is 77.4. The van der Waals surface area contributed by atoms with E-state index in [0.717, 1.165) is 44.9 Å². The van der Waals surface area contributed by atoms with E-state index in [2.05, 4.69) is 31.3 Å². The van der Waals surface area contributed by atoms with Gasteiger partial charge < -0.3 is 89.9 Å².